The molecular formula is C17H23N3O3. The van der Waals surface area contributed by atoms with E-state index in [1.165, 1.54) is 0 Å². The summed E-state index contributed by atoms with van der Waals surface area (Å²) in [6.45, 7) is 6.55. The van der Waals surface area contributed by atoms with Gasteiger partial charge < -0.3 is 14.8 Å². The average molecular weight is 317 g/mol. The van der Waals surface area contributed by atoms with Crippen LogP contribution in [0.1, 0.15) is 31.9 Å². The zero-order valence-corrected chi connectivity index (χ0v) is 14.0. The molecule has 0 saturated heterocycles. The highest BCUT2D eigenvalue weighted by Gasteiger charge is 2.15. The first-order valence-electron chi connectivity index (χ1n) is 7.47. The summed E-state index contributed by atoms with van der Waals surface area (Å²) in [5.74, 6) is 0.830. The molecule has 0 spiro atoms. The summed E-state index contributed by atoms with van der Waals surface area (Å²) >= 11 is 0. The number of carbonyl (C=O) groups is 1. The number of rotatable bonds is 5. The van der Waals surface area contributed by atoms with Gasteiger partial charge in [0.1, 0.15) is 11.4 Å². The summed E-state index contributed by atoms with van der Waals surface area (Å²) in [6.07, 6.45) is 3.21. The van der Waals surface area contributed by atoms with E-state index in [0.29, 0.717) is 13.1 Å². The largest absolute Gasteiger partial charge is 0.497 e. The van der Waals surface area contributed by atoms with Crippen molar-refractivity contribution in [3.05, 3.63) is 47.8 Å². The summed E-state index contributed by atoms with van der Waals surface area (Å²) in [5, 5.41) is 7.02. The number of hydrogen-bond donors (Lipinski definition) is 1. The van der Waals surface area contributed by atoms with Crippen molar-refractivity contribution in [2.24, 2.45) is 0 Å². The predicted octanol–water partition coefficient (Wildman–Crippen LogP) is 2.96. The summed E-state index contributed by atoms with van der Waals surface area (Å²) in [7, 11) is 1.65. The number of carbonyl (C=O) groups excluding carboxylic acids is 1. The van der Waals surface area contributed by atoms with E-state index < -0.39 is 11.7 Å². The lowest BCUT2D eigenvalue weighted by Crippen LogP contribution is -2.32. The minimum atomic E-state index is -0.497. The normalized spacial score (nSPS) is 11.1. The molecule has 124 valence electrons. The molecule has 1 aromatic carbocycles. The predicted molar refractivity (Wildman–Crippen MR) is 87.4 cm³/mol. The molecule has 0 bridgehead atoms. The van der Waals surface area contributed by atoms with Gasteiger partial charge in [0.05, 0.1) is 19.9 Å². The Balaban J connectivity index is 1.86. The maximum atomic E-state index is 11.6. The molecule has 0 saturated carbocycles. The quantitative estimate of drug-likeness (QED) is 0.921. The molecule has 0 radical (unpaired) electrons. The van der Waals surface area contributed by atoms with Crippen molar-refractivity contribution in [2.75, 3.05) is 7.11 Å². The number of methoxy groups -OCH3 is 1. The summed E-state index contributed by atoms with van der Waals surface area (Å²) in [5.41, 5.74) is 1.55. The third-order valence-electron chi connectivity index (χ3n) is 3.03. The van der Waals surface area contributed by atoms with Gasteiger partial charge in [0.2, 0.25) is 0 Å². The van der Waals surface area contributed by atoms with Crippen LogP contribution >= 0.6 is 0 Å². The topological polar surface area (TPSA) is 65.4 Å². The molecule has 1 aromatic heterocycles. The number of ether oxygens (including phenoxy) is 2. The second kappa shape index (κ2) is 7.17. The SMILES string of the molecule is COc1ccc(Cn2cc(CNC(=O)OC(C)(C)C)cn2)cc1. The van der Waals surface area contributed by atoms with Crippen molar-refractivity contribution < 1.29 is 14.3 Å². The average Bonchev–Trinajstić information content (AvgIpc) is 2.92. The Morgan fingerprint density at radius 3 is 2.52 bits per heavy atom. The van der Waals surface area contributed by atoms with E-state index in [-0.39, 0.29) is 0 Å². The molecule has 1 amide bonds. The molecule has 0 unspecified atom stereocenters. The minimum Gasteiger partial charge on any atom is -0.497 e. The van der Waals surface area contributed by atoms with Gasteiger partial charge in [0.15, 0.2) is 0 Å². The van der Waals surface area contributed by atoms with Gasteiger partial charge in [-0.05, 0) is 38.5 Å². The third-order valence-corrected chi connectivity index (χ3v) is 3.03. The van der Waals surface area contributed by atoms with Gasteiger partial charge in [-0.3, -0.25) is 4.68 Å². The van der Waals surface area contributed by atoms with Crippen molar-refractivity contribution >= 4 is 6.09 Å². The first-order chi connectivity index (χ1) is 10.9. The smallest absolute Gasteiger partial charge is 0.407 e. The van der Waals surface area contributed by atoms with Crippen LogP contribution in [-0.2, 0) is 17.8 Å². The van der Waals surface area contributed by atoms with Gasteiger partial charge in [-0.1, -0.05) is 12.1 Å². The van der Waals surface area contributed by atoms with Crippen LogP contribution in [0.2, 0.25) is 0 Å². The van der Waals surface area contributed by atoms with E-state index >= 15 is 0 Å². The zero-order chi connectivity index (χ0) is 16.9. The third kappa shape index (κ3) is 5.65. The van der Waals surface area contributed by atoms with Gasteiger partial charge in [0, 0.05) is 18.3 Å². The van der Waals surface area contributed by atoms with Crippen LogP contribution in [0.4, 0.5) is 4.79 Å². The van der Waals surface area contributed by atoms with E-state index in [1.807, 2.05) is 55.9 Å². The van der Waals surface area contributed by atoms with Gasteiger partial charge in [-0.25, -0.2) is 4.79 Å². The monoisotopic (exact) mass is 317 g/mol. The highest BCUT2D eigenvalue weighted by Crippen LogP contribution is 2.12. The Morgan fingerprint density at radius 2 is 1.91 bits per heavy atom. The fourth-order valence-electron chi connectivity index (χ4n) is 1.99. The van der Waals surface area contributed by atoms with Gasteiger partial charge in [-0.15, -0.1) is 0 Å². The maximum absolute atomic E-state index is 11.6. The fraction of sp³-hybridized carbons (Fsp3) is 0.412. The maximum Gasteiger partial charge on any atom is 0.407 e. The van der Waals surface area contributed by atoms with E-state index in [1.54, 1.807) is 13.3 Å². The summed E-state index contributed by atoms with van der Waals surface area (Å²) in [6, 6.07) is 7.84. The van der Waals surface area contributed by atoms with E-state index in [0.717, 1.165) is 16.9 Å². The molecule has 0 fully saturated rings. The molecule has 0 aliphatic rings. The number of aromatic nitrogens is 2. The highest BCUT2D eigenvalue weighted by atomic mass is 16.6. The second-order valence-electron chi connectivity index (χ2n) is 6.25. The lowest BCUT2D eigenvalue weighted by atomic mass is 10.2. The molecule has 2 aromatic rings. The Morgan fingerprint density at radius 1 is 1.22 bits per heavy atom. The Bertz CT molecular complexity index is 642. The highest BCUT2D eigenvalue weighted by molar-refractivity contribution is 5.67. The molecule has 1 N–H and O–H groups in total. The van der Waals surface area contributed by atoms with Gasteiger partial charge >= 0.3 is 6.09 Å². The van der Waals surface area contributed by atoms with Gasteiger partial charge in [-0.2, -0.15) is 5.10 Å². The van der Waals surface area contributed by atoms with Crippen LogP contribution in [0, 0.1) is 0 Å². The number of benzene rings is 1. The van der Waals surface area contributed by atoms with Crippen LogP contribution in [-0.4, -0.2) is 28.6 Å². The van der Waals surface area contributed by atoms with Crippen molar-refractivity contribution in [2.45, 2.75) is 39.5 Å². The molecule has 0 atom stereocenters. The Hall–Kier alpha value is -2.50. The summed E-state index contributed by atoms with van der Waals surface area (Å²) < 4.78 is 12.2. The summed E-state index contributed by atoms with van der Waals surface area (Å²) in [4.78, 5) is 11.6. The zero-order valence-electron chi connectivity index (χ0n) is 14.0. The number of hydrogen-bond acceptors (Lipinski definition) is 4. The molecule has 23 heavy (non-hydrogen) atoms. The lowest BCUT2D eigenvalue weighted by molar-refractivity contribution is 0.0523. The minimum absolute atomic E-state index is 0.386. The Labute approximate surface area is 136 Å². The Kier molecular flexibility index (Phi) is 5.26. The number of nitrogens with one attached hydrogen (secondary N) is 1. The van der Waals surface area contributed by atoms with Gasteiger partial charge in [0.25, 0.3) is 0 Å². The van der Waals surface area contributed by atoms with Crippen molar-refractivity contribution in [1.29, 1.82) is 0 Å². The first-order valence-corrected chi connectivity index (χ1v) is 7.47. The van der Waals surface area contributed by atoms with E-state index in [4.69, 9.17) is 9.47 Å². The lowest BCUT2D eigenvalue weighted by Gasteiger charge is -2.19. The molecule has 1 heterocycles. The molecule has 2 rings (SSSR count). The van der Waals surface area contributed by atoms with Crippen molar-refractivity contribution in [3.8, 4) is 5.75 Å². The molecule has 0 aliphatic carbocycles. The molecule has 6 nitrogen and oxygen atoms in total. The number of nitrogens with zero attached hydrogens (tertiary/aromatic N) is 2. The van der Waals surface area contributed by atoms with E-state index in [2.05, 4.69) is 10.4 Å². The number of alkyl carbamates (subject to hydrolysis) is 1. The van der Waals surface area contributed by atoms with Crippen LogP contribution < -0.4 is 10.1 Å². The van der Waals surface area contributed by atoms with Crippen LogP contribution in [0.15, 0.2) is 36.7 Å². The van der Waals surface area contributed by atoms with Crippen LogP contribution in [0.25, 0.3) is 0 Å². The van der Waals surface area contributed by atoms with E-state index in [9.17, 15) is 4.79 Å². The molecular weight excluding hydrogens is 294 g/mol. The van der Waals surface area contributed by atoms with Crippen LogP contribution in [0.3, 0.4) is 0 Å². The molecule has 6 heteroatoms. The number of amides is 1. The van der Waals surface area contributed by atoms with Crippen LogP contribution in [0.5, 0.6) is 5.75 Å². The van der Waals surface area contributed by atoms with Crippen molar-refractivity contribution in [3.63, 3.8) is 0 Å². The molecule has 0 aliphatic heterocycles. The second-order valence-corrected chi connectivity index (χ2v) is 6.25. The van der Waals surface area contributed by atoms with Crippen molar-refractivity contribution in [1.82, 2.24) is 15.1 Å². The first kappa shape index (κ1) is 16.9. The standard InChI is InChI=1S/C17H23N3O3/c1-17(2,3)23-16(21)18-9-14-10-19-20(12-14)11-13-5-7-15(22-4)8-6-13/h5-8,10,12H,9,11H2,1-4H3,(H,18,21). The fourth-order valence-corrected chi connectivity index (χ4v) is 1.99.